The summed E-state index contributed by atoms with van der Waals surface area (Å²) in [5.41, 5.74) is 4.09. The van der Waals surface area contributed by atoms with Gasteiger partial charge in [0.05, 0.1) is 40.6 Å². The quantitative estimate of drug-likeness (QED) is 0.430. The monoisotopic (exact) mass is 576 g/mol. The lowest BCUT2D eigenvalue weighted by atomic mass is 9.98. The molecule has 0 bridgehead atoms. The molecule has 3 fully saturated rings. The van der Waals surface area contributed by atoms with Crippen molar-refractivity contribution in [2.24, 2.45) is 0 Å². The molecule has 42 heavy (non-hydrogen) atoms. The van der Waals surface area contributed by atoms with Crippen LogP contribution in [0.3, 0.4) is 0 Å². The SMILES string of the molecule is COc1cc2c(cc1OC)CN(c1ncnc3c(N4CCOCC4)nc(N4CCC(N5CCOCC5)CC4)nc13)CC2. The minimum atomic E-state index is 0.590. The molecule has 0 spiro atoms. The number of ether oxygens (including phenoxy) is 4. The fourth-order valence-electron chi connectivity index (χ4n) is 6.71. The number of nitrogens with zero attached hydrogens (tertiary/aromatic N) is 8. The predicted molar refractivity (Wildman–Crippen MR) is 160 cm³/mol. The molecule has 12 heteroatoms. The maximum atomic E-state index is 5.67. The first kappa shape index (κ1) is 27.4. The lowest BCUT2D eigenvalue weighted by Gasteiger charge is -2.40. The average molecular weight is 577 g/mol. The third kappa shape index (κ3) is 5.27. The van der Waals surface area contributed by atoms with Crippen LogP contribution in [-0.2, 0) is 22.4 Å². The van der Waals surface area contributed by atoms with Crippen LogP contribution in [0.25, 0.3) is 11.0 Å². The van der Waals surface area contributed by atoms with Gasteiger partial charge in [0.1, 0.15) is 17.4 Å². The van der Waals surface area contributed by atoms with Crippen LogP contribution in [0.4, 0.5) is 17.6 Å². The van der Waals surface area contributed by atoms with Crippen LogP contribution in [-0.4, -0.2) is 117 Å². The molecule has 0 unspecified atom stereocenters. The molecule has 4 aliphatic rings. The third-order valence-electron chi connectivity index (χ3n) is 9.07. The number of aromatic nitrogens is 4. The zero-order chi connectivity index (χ0) is 28.5. The molecule has 0 radical (unpaired) electrons. The first-order valence-corrected chi connectivity index (χ1v) is 15.1. The number of fused-ring (bicyclic) bond motifs is 2. The van der Waals surface area contributed by atoms with Crippen LogP contribution < -0.4 is 24.2 Å². The molecule has 0 N–H and O–H groups in total. The van der Waals surface area contributed by atoms with Gasteiger partial charge < -0.3 is 33.6 Å². The number of anilines is 3. The van der Waals surface area contributed by atoms with Gasteiger partial charge in [-0.15, -0.1) is 0 Å². The van der Waals surface area contributed by atoms with Gasteiger partial charge in [0.2, 0.25) is 5.95 Å². The van der Waals surface area contributed by atoms with Crippen LogP contribution in [0.1, 0.15) is 24.0 Å². The molecule has 7 rings (SSSR count). The van der Waals surface area contributed by atoms with Gasteiger partial charge in [-0.1, -0.05) is 0 Å². The summed E-state index contributed by atoms with van der Waals surface area (Å²) < 4.78 is 22.4. The lowest BCUT2D eigenvalue weighted by Crippen LogP contribution is -2.49. The van der Waals surface area contributed by atoms with Gasteiger partial charge in [-0.2, -0.15) is 4.98 Å². The van der Waals surface area contributed by atoms with Crippen molar-refractivity contribution in [1.82, 2.24) is 24.8 Å². The van der Waals surface area contributed by atoms with E-state index in [2.05, 4.69) is 31.7 Å². The van der Waals surface area contributed by atoms with Crippen molar-refractivity contribution in [1.29, 1.82) is 0 Å². The number of hydrogen-bond acceptors (Lipinski definition) is 12. The Morgan fingerprint density at radius 2 is 1.38 bits per heavy atom. The summed E-state index contributed by atoms with van der Waals surface area (Å²) in [6, 6.07) is 4.77. The summed E-state index contributed by atoms with van der Waals surface area (Å²) in [6.07, 6.45) is 4.73. The standard InChI is InChI=1S/C30H40N8O4/c1-39-24-17-21-3-6-38(19-22(21)18-25(24)40-2)28-27-26(31-20-32-28)29(36-11-15-42-16-12-36)34-30(33-27)37-7-4-23(5-8-37)35-9-13-41-14-10-35/h17-18,20,23H,3-16,19H2,1-2H3. The Hall–Kier alpha value is -3.48. The van der Waals surface area contributed by atoms with E-state index in [0.717, 1.165) is 118 Å². The molecule has 12 nitrogen and oxygen atoms in total. The molecule has 4 aliphatic heterocycles. The van der Waals surface area contributed by atoms with Crippen molar-refractivity contribution in [2.75, 3.05) is 101 Å². The Kier molecular flexibility index (Phi) is 7.83. The predicted octanol–water partition coefficient (Wildman–Crippen LogP) is 2.14. The third-order valence-corrected chi connectivity index (χ3v) is 9.07. The molecule has 224 valence electrons. The van der Waals surface area contributed by atoms with E-state index in [0.29, 0.717) is 25.8 Å². The maximum absolute atomic E-state index is 5.67. The van der Waals surface area contributed by atoms with E-state index in [-0.39, 0.29) is 0 Å². The molecule has 1 aromatic carbocycles. The van der Waals surface area contributed by atoms with E-state index in [1.165, 1.54) is 11.1 Å². The highest BCUT2D eigenvalue weighted by atomic mass is 16.5. The van der Waals surface area contributed by atoms with Crippen LogP contribution in [0.5, 0.6) is 11.5 Å². The smallest absolute Gasteiger partial charge is 0.228 e. The second kappa shape index (κ2) is 12.0. The molecule has 2 aromatic heterocycles. The van der Waals surface area contributed by atoms with Crippen molar-refractivity contribution in [3.8, 4) is 11.5 Å². The van der Waals surface area contributed by atoms with Gasteiger partial charge in [0, 0.05) is 58.4 Å². The average Bonchev–Trinajstić information content (AvgIpc) is 3.07. The van der Waals surface area contributed by atoms with E-state index < -0.39 is 0 Å². The number of methoxy groups -OCH3 is 2. The number of benzene rings is 1. The Morgan fingerprint density at radius 3 is 2.10 bits per heavy atom. The summed E-state index contributed by atoms with van der Waals surface area (Å²) >= 11 is 0. The number of piperidine rings is 1. The van der Waals surface area contributed by atoms with E-state index in [1.807, 2.05) is 0 Å². The first-order valence-electron chi connectivity index (χ1n) is 15.1. The van der Waals surface area contributed by atoms with Gasteiger partial charge in [0.15, 0.2) is 23.1 Å². The van der Waals surface area contributed by atoms with Crippen LogP contribution in [0.2, 0.25) is 0 Å². The van der Waals surface area contributed by atoms with Crippen molar-refractivity contribution in [3.05, 3.63) is 29.6 Å². The molecule has 0 atom stereocenters. The highest BCUT2D eigenvalue weighted by molar-refractivity contribution is 5.94. The summed E-state index contributed by atoms with van der Waals surface area (Å²) in [7, 11) is 3.36. The minimum Gasteiger partial charge on any atom is -0.493 e. The zero-order valence-electron chi connectivity index (χ0n) is 24.6. The van der Waals surface area contributed by atoms with E-state index in [9.17, 15) is 0 Å². The molecule has 0 saturated carbocycles. The van der Waals surface area contributed by atoms with Crippen LogP contribution in [0.15, 0.2) is 18.5 Å². The van der Waals surface area contributed by atoms with Crippen molar-refractivity contribution in [3.63, 3.8) is 0 Å². The second-order valence-electron chi connectivity index (χ2n) is 11.4. The molecule has 3 saturated heterocycles. The fraction of sp³-hybridized carbons (Fsp3) is 0.600. The molecular formula is C30H40N8O4. The lowest BCUT2D eigenvalue weighted by molar-refractivity contribution is 0.0114. The van der Waals surface area contributed by atoms with E-state index in [4.69, 9.17) is 38.9 Å². The second-order valence-corrected chi connectivity index (χ2v) is 11.4. The van der Waals surface area contributed by atoms with Gasteiger partial charge in [-0.25, -0.2) is 15.0 Å². The van der Waals surface area contributed by atoms with Gasteiger partial charge in [-0.3, -0.25) is 4.90 Å². The Morgan fingerprint density at radius 1 is 0.690 bits per heavy atom. The Bertz CT molecular complexity index is 1400. The highest BCUT2D eigenvalue weighted by Crippen LogP contribution is 2.37. The van der Waals surface area contributed by atoms with Crippen molar-refractivity contribution < 1.29 is 18.9 Å². The number of morpholine rings is 2. The summed E-state index contributed by atoms with van der Waals surface area (Å²) in [5.74, 6) is 4.00. The van der Waals surface area contributed by atoms with Gasteiger partial charge in [-0.05, 0) is 42.5 Å². The highest BCUT2D eigenvalue weighted by Gasteiger charge is 2.30. The Balaban J connectivity index is 1.22. The van der Waals surface area contributed by atoms with Crippen molar-refractivity contribution >= 4 is 28.6 Å². The molecule has 6 heterocycles. The van der Waals surface area contributed by atoms with Gasteiger partial charge >= 0.3 is 0 Å². The molecular weight excluding hydrogens is 536 g/mol. The Labute approximate surface area is 246 Å². The van der Waals surface area contributed by atoms with E-state index in [1.54, 1.807) is 20.5 Å². The van der Waals surface area contributed by atoms with Crippen LogP contribution >= 0.6 is 0 Å². The maximum Gasteiger partial charge on any atom is 0.228 e. The minimum absolute atomic E-state index is 0.590. The topological polar surface area (TPSA) is 101 Å². The summed E-state index contributed by atoms with van der Waals surface area (Å²) in [4.78, 5) is 29.5. The molecule has 3 aromatic rings. The van der Waals surface area contributed by atoms with Crippen LogP contribution in [0, 0.1) is 0 Å². The summed E-state index contributed by atoms with van der Waals surface area (Å²) in [6.45, 7) is 10.0. The molecule has 0 amide bonds. The number of rotatable bonds is 6. The zero-order valence-corrected chi connectivity index (χ0v) is 24.6. The molecule has 0 aliphatic carbocycles. The normalized spacial score (nSPS) is 20.6. The first-order chi connectivity index (χ1) is 20.7. The summed E-state index contributed by atoms with van der Waals surface area (Å²) in [5, 5.41) is 0. The fourth-order valence-corrected chi connectivity index (χ4v) is 6.71. The largest absolute Gasteiger partial charge is 0.493 e. The number of hydrogen-bond donors (Lipinski definition) is 0. The van der Waals surface area contributed by atoms with Crippen molar-refractivity contribution in [2.45, 2.75) is 31.8 Å². The van der Waals surface area contributed by atoms with E-state index >= 15 is 0 Å². The van der Waals surface area contributed by atoms with Gasteiger partial charge in [0.25, 0.3) is 0 Å².